The van der Waals surface area contributed by atoms with E-state index in [1.165, 1.54) is 5.56 Å². The van der Waals surface area contributed by atoms with Crippen molar-refractivity contribution in [1.82, 2.24) is 19.9 Å². The van der Waals surface area contributed by atoms with E-state index in [4.69, 9.17) is 4.98 Å². The van der Waals surface area contributed by atoms with Gasteiger partial charge in [0, 0.05) is 45.0 Å². The van der Waals surface area contributed by atoms with Gasteiger partial charge in [-0.1, -0.05) is 13.8 Å². The minimum atomic E-state index is 0.565. The van der Waals surface area contributed by atoms with Crippen LogP contribution in [-0.4, -0.2) is 34.0 Å². The summed E-state index contributed by atoms with van der Waals surface area (Å²) < 4.78 is 0. The molecule has 0 unspecified atom stereocenters. The van der Waals surface area contributed by atoms with Crippen molar-refractivity contribution in [2.75, 3.05) is 23.9 Å². The molecule has 0 N–H and O–H groups in total. The van der Waals surface area contributed by atoms with E-state index in [0.29, 0.717) is 5.92 Å². The summed E-state index contributed by atoms with van der Waals surface area (Å²) >= 11 is 0. The second kappa shape index (κ2) is 5.87. The molecule has 116 valence electrons. The molecule has 2 aromatic rings. The lowest BCUT2D eigenvalue weighted by atomic mass is 10.1. The first-order chi connectivity index (χ1) is 10.5. The zero-order valence-corrected chi connectivity index (χ0v) is 13.6. The molecule has 0 aromatic carbocycles. The van der Waals surface area contributed by atoms with Crippen molar-refractivity contribution in [2.45, 2.75) is 33.4 Å². The Morgan fingerprint density at radius 2 is 2.00 bits per heavy atom. The zero-order valence-electron chi connectivity index (χ0n) is 13.6. The summed E-state index contributed by atoms with van der Waals surface area (Å²) in [6.45, 7) is 5.89. The molecule has 0 saturated carbocycles. The Morgan fingerprint density at radius 3 is 2.73 bits per heavy atom. The summed E-state index contributed by atoms with van der Waals surface area (Å²) in [5.74, 6) is 3.15. The van der Waals surface area contributed by atoms with E-state index in [-0.39, 0.29) is 0 Å². The fourth-order valence-corrected chi connectivity index (χ4v) is 2.54. The molecular weight excluding hydrogens is 276 g/mol. The molecular formula is C16H22N6. The lowest BCUT2D eigenvalue weighted by Gasteiger charge is -2.17. The molecule has 6 heteroatoms. The van der Waals surface area contributed by atoms with Crippen molar-refractivity contribution in [3.05, 3.63) is 35.5 Å². The van der Waals surface area contributed by atoms with Crippen molar-refractivity contribution in [3.63, 3.8) is 0 Å². The Kier molecular flexibility index (Phi) is 3.92. The second-order valence-electron chi connectivity index (χ2n) is 6.32. The van der Waals surface area contributed by atoms with E-state index in [0.717, 1.165) is 42.8 Å². The van der Waals surface area contributed by atoms with Crippen molar-refractivity contribution < 1.29 is 0 Å². The van der Waals surface area contributed by atoms with Crippen molar-refractivity contribution >= 4 is 11.8 Å². The molecule has 1 aliphatic rings. The Hall–Kier alpha value is -2.24. The molecule has 22 heavy (non-hydrogen) atoms. The minimum Gasteiger partial charge on any atom is -0.363 e. The van der Waals surface area contributed by atoms with Crippen molar-refractivity contribution in [2.24, 2.45) is 5.92 Å². The van der Waals surface area contributed by atoms with Gasteiger partial charge in [-0.15, -0.1) is 0 Å². The third-order valence-corrected chi connectivity index (χ3v) is 3.67. The molecule has 3 heterocycles. The number of rotatable bonds is 4. The van der Waals surface area contributed by atoms with E-state index in [1.54, 1.807) is 6.20 Å². The van der Waals surface area contributed by atoms with E-state index < -0.39 is 0 Å². The maximum atomic E-state index is 4.71. The van der Waals surface area contributed by atoms with Gasteiger partial charge in [-0.3, -0.25) is 0 Å². The highest BCUT2D eigenvalue weighted by molar-refractivity contribution is 5.45. The Labute approximate surface area is 131 Å². The standard InChI is InChI=1S/C16H22N6/c1-11(2)7-14-18-8-12-9-22(10-13(12)19-14)16-17-6-5-15(20-16)21(3)4/h5-6,8,11H,7,9-10H2,1-4H3. The highest BCUT2D eigenvalue weighted by Gasteiger charge is 2.23. The molecule has 0 spiro atoms. The predicted molar refractivity (Wildman–Crippen MR) is 86.8 cm³/mol. The first-order valence-corrected chi connectivity index (χ1v) is 7.62. The summed E-state index contributed by atoms with van der Waals surface area (Å²) in [6.07, 6.45) is 4.67. The molecule has 2 aromatic heterocycles. The lowest BCUT2D eigenvalue weighted by Crippen LogP contribution is -2.19. The molecule has 0 aliphatic carbocycles. The number of hydrogen-bond acceptors (Lipinski definition) is 6. The van der Waals surface area contributed by atoms with Gasteiger partial charge in [0.2, 0.25) is 5.95 Å². The maximum Gasteiger partial charge on any atom is 0.227 e. The first kappa shape index (κ1) is 14.7. The number of fused-ring (bicyclic) bond motifs is 1. The third-order valence-electron chi connectivity index (χ3n) is 3.67. The molecule has 0 amide bonds. The normalized spacial score (nSPS) is 13.6. The van der Waals surface area contributed by atoms with Gasteiger partial charge in [0.15, 0.2) is 0 Å². The van der Waals surface area contributed by atoms with Crippen LogP contribution in [-0.2, 0) is 19.5 Å². The quantitative estimate of drug-likeness (QED) is 0.861. The average molecular weight is 298 g/mol. The summed E-state index contributed by atoms with van der Waals surface area (Å²) in [5.41, 5.74) is 2.27. The van der Waals surface area contributed by atoms with Gasteiger partial charge in [0.25, 0.3) is 0 Å². The molecule has 0 bridgehead atoms. The molecule has 0 atom stereocenters. The van der Waals surface area contributed by atoms with Crippen molar-refractivity contribution in [1.29, 1.82) is 0 Å². The van der Waals surface area contributed by atoms with E-state index in [9.17, 15) is 0 Å². The molecule has 0 radical (unpaired) electrons. The third kappa shape index (κ3) is 3.00. The minimum absolute atomic E-state index is 0.565. The van der Waals surface area contributed by atoms with Gasteiger partial charge < -0.3 is 9.80 Å². The SMILES string of the molecule is CC(C)Cc1ncc2c(n1)CN(c1nccc(N(C)C)n1)C2. The second-order valence-corrected chi connectivity index (χ2v) is 6.32. The zero-order chi connectivity index (χ0) is 15.7. The predicted octanol–water partition coefficient (Wildman–Crippen LogP) is 2.05. The monoisotopic (exact) mass is 298 g/mol. The first-order valence-electron chi connectivity index (χ1n) is 7.62. The topological polar surface area (TPSA) is 58.0 Å². The van der Waals surface area contributed by atoms with Gasteiger partial charge in [0.1, 0.15) is 11.6 Å². The summed E-state index contributed by atoms with van der Waals surface area (Å²) in [7, 11) is 3.96. The van der Waals surface area contributed by atoms with Gasteiger partial charge in [-0.2, -0.15) is 4.98 Å². The van der Waals surface area contributed by atoms with Gasteiger partial charge >= 0.3 is 0 Å². The molecule has 3 rings (SSSR count). The Bertz CT molecular complexity index is 667. The molecule has 1 aliphatic heterocycles. The van der Waals surface area contributed by atoms with Crippen LogP contribution < -0.4 is 9.80 Å². The van der Waals surface area contributed by atoms with Gasteiger partial charge in [-0.25, -0.2) is 15.0 Å². The van der Waals surface area contributed by atoms with Crippen LogP contribution in [0.5, 0.6) is 0 Å². The number of nitrogens with zero attached hydrogens (tertiary/aromatic N) is 6. The van der Waals surface area contributed by atoms with E-state index >= 15 is 0 Å². The maximum absolute atomic E-state index is 4.71. The van der Waals surface area contributed by atoms with Crippen LogP contribution in [0.3, 0.4) is 0 Å². The highest BCUT2D eigenvalue weighted by Crippen LogP contribution is 2.25. The van der Waals surface area contributed by atoms with Crippen molar-refractivity contribution in [3.8, 4) is 0 Å². The van der Waals surface area contributed by atoms with Crippen LogP contribution in [0.1, 0.15) is 30.9 Å². The fourth-order valence-electron chi connectivity index (χ4n) is 2.54. The van der Waals surface area contributed by atoms with E-state index in [1.807, 2.05) is 31.3 Å². The van der Waals surface area contributed by atoms with Crippen LogP contribution in [0.4, 0.5) is 11.8 Å². The lowest BCUT2D eigenvalue weighted by molar-refractivity contribution is 0.617. The average Bonchev–Trinajstić information content (AvgIpc) is 2.90. The van der Waals surface area contributed by atoms with Crippen LogP contribution in [0.2, 0.25) is 0 Å². The smallest absolute Gasteiger partial charge is 0.227 e. The number of hydrogen-bond donors (Lipinski definition) is 0. The number of aromatic nitrogens is 4. The van der Waals surface area contributed by atoms with Crippen LogP contribution in [0.15, 0.2) is 18.5 Å². The molecule has 0 saturated heterocycles. The summed E-state index contributed by atoms with van der Waals surface area (Å²) in [5, 5.41) is 0. The summed E-state index contributed by atoms with van der Waals surface area (Å²) in [4.78, 5) is 22.3. The largest absolute Gasteiger partial charge is 0.363 e. The number of anilines is 2. The molecule has 0 fully saturated rings. The Morgan fingerprint density at radius 1 is 1.18 bits per heavy atom. The summed E-state index contributed by atoms with van der Waals surface area (Å²) in [6, 6.07) is 1.91. The Balaban J connectivity index is 1.80. The highest BCUT2D eigenvalue weighted by atomic mass is 15.3. The fraction of sp³-hybridized carbons (Fsp3) is 0.500. The van der Waals surface area contributed by atoms with Crippen LogP contribution >= 0.6 is 0 Å². The van der Waals surface area contributed by atoms with Crippen LogP contribution in [0.25, 0.3) is 0 Å². The van der Waals surface area contributed by atoms with E-state index in [2.05, 4.69) is 33.7 Å². The molecule has 6 nitrogen and oxygen atoms in total. The van der Waals surface area contributed by atoms with Gasteiger partial charge in [0.05, 0.1) is 12.2 Å². The van der Waals surface area contributed by atoms with Crippen LogP contribution in [0, 0.1) is 5.92 Å². The van der Waals surface area contributed by atoms with Gasteiger partial charge in [-0.05, 0) is 12.0 Å².